The maximum atomic E-state index is 12.3. The van der Waals surface area contributed by atoms with Crippen molar-refractivity contribution in [2.24, 2.45) is 0 Å². The van der Waals surface area contributed by atoms with E-state index >= 15 is 0 Å². The van der Waals surface area contributed by atoms with Crippen LogP contribution in [-0.4, -0.2) is 37.0 Å². The molecule has 6 heteroatoms. The lowest BCUT2D eigenvalue weighted by molar-refractivity contribution is -0.123. The average molecular weight is 393 g/mol. The molecule has 1 unspecified atom stereocenters. The Bertz CT molecular complexity index is 692. The van der Waals surface area contributed by atoms with Crippen LogP contribution in [0.5, 0.6) is 5.75 Å². The van der Waals surface area contributed by atoms with E-state index in [9.17, 15) is 4.79 Å². The quantitative estimate of drug-likeness (QED) is 0.772. The zero-order valence-electron chi connectivity index (χ0n) is 16.1. The number of ether oxygens (including phenoxy) is 1. The van der Waals surface area contributed by atoms with Crippen LogP contribution in [0.1, 0.15) is 42.2 Å². The van der Waals surface area contributed by atoms with Gasteiger partial charge in [-0.2, -0.15) is 0 Å². The van der Waals surface area contributed by atoms with Gasteiger partial charge in [-0.3, -0.25) is 9.69 Å². The minimum atomic E-state index is -0.110. The molecule has 1 N–H and O–H groups in total. The van der Waals surface area contributed by atoms with Crippen molar-refractivity contribution in [3.8, 4) is 5.75 Å². The van der Waals surface area contributed by atoms with Crippen molar-refractivity contribution >= 4 is 18.3 Å². The van der Waals surface area contributed by atoms with E-state index < -0.39 is 0 Å². The second-order valence-electron chi connectivity index (χ2n) is 6.94. The first-order chi connectivity index (χ1) is 12.6. The zero-order valence-corrected chi connectivity index (χ0v) is 16.9. The summed E-state index contributed by atoms with van der Waals surface area (Å²) in [6, 6.07) is 9.93. The van der Waals surface area contributed by atoms with Gasteiger partial charge in [0.05, 0.1) is 12.3 Å². The van der Waals surface area contributed by atoms with Gasteiger partial charge in [0, 0.05) is 6.54 Å². The lowest BCUT2D eigenvalue weighted by Gasteiger charge is -2.33. The third kappa shape index (κ3) is 5.75. The Kier molecular flexibility index (Phi) is 8.20. The molecule has 1 fully saturated rings. The third-order valence-electron chi connectivity index (χ3n) is 4.95. The van der Waals surface area contributed by atoms with Gasteiger partial charge in [0.2, 0.25) is 0 Å². The standard InChI is InChI=1S/C21H28N2O3.ClH/c1-16-8-6-9-17(2)21(16)26-15-20(24)22-14-18(19-10-7-13-25-19)23-11-4-3-5-12-23;/h6-10,13,18H,3-5,11-12,14-15H2,1-2H3,(H,22,24);1H. The molecule has 2 aromatic rings. The Hall–Kier alpha value is -1.98. The number of likely N-dealkylation sites (tertiary alicyclic amines) is 1. The van der Waals surface area contributed by atoms with Gasteiger partial charge in [0.1, 0.15) is 11.5 Å². The van der Waals surface area contributed by atoms with Gasteiger partial charge < -0.3 is 14.5 Å². The van der Waals surface area contributed by atoms with Crippen molar-refractivity contribution in [3.05, 3.63) is 53.5 Å². The summed E-state index contributed by atoms with van der Waals surface area (Å²) in [5.41, 5.74) is 2.08. The highest BCUT2D eigenvalue weighted by Crippen LogP contribution is 2.25. The highest BCUT2D eigenvalue weighted by atomic mass is 35.5. The van der Waals surface area contributed by atoms with E-state index in [1.165, 1.54) is 19.3 Å². The summed E-state index contributed by atoms with van der Waals surface area (Å²) in [5, 5.41) is 3.01. The molecule has 1 aliphatic rings. The number of para-hydroxylation sites is 1. The largest absolute Gasteiger partial charge is 0.483 e. The summed E-state index contributed by atoms with van der Waals surface area (Å²) in [6.45, 7) is 6.62. The molecule has 27 heavy (non-hydrogen) atoms. The Labute approximate surface area is 167 Å². The summed E-state index contributed by atoms with van der Waals surface area (Å²) in [4.78, 5) is 14.7. The highest BCUT2D eigenvalue weighted by molar-refractivity contribution is 5.85. The lowest BCUT2D eigenvalue weighted by Crippen LogP contribution is -2.41. The van der Waals surface area contributed by atoms with Crippen LogP contribution in [0.25, 0.3) is 0 Å². The normalized spacial score (nSPS) is 15.6. The van der Waals surface area contributed by atoms with E-state index in [2.05, 4.69) is 10.2 Å². The number of halogens is 1. The fourth-order valence-electron chi connectivity index (χ4n) is 3.55. The van der Waals surface area contributed by atoms with Crippen molar-refractivity contribution in [3.63, 3.8) is 0 Å². The molecule has 0 bridgehead atoms. The number of furan rings is 1. The maximum Gasteiger partial charge on any atom is 0.258 e. The summed E-state index contributed by atoms with van der Waals surface area (Å²) in [5.74, 6) is 1.59. The zero-order chi connectivity index (χ0) is 18.4. The minimum Gasteiger partial charge on any atom is -0.483 e. The number of benzene rings is 1. The van der Waals surface area contributed by atoms with Crippen molar-refractivity contribution < 1.29 is 13.9 Å². The van der Waals surface area contributed by atoms with Gasteiger partial charge in [0.25, 0.3) is 5.91 Å². The number of carbonyl (C=O) groups excluding carboxylic acids is 1. The van der Waals surface area contributed by atoms with Crippen LogP contribution in [0.3, 0.4) is 0 Å². The number of amides is 1. The molecule has 1 saturated heterocycles. The van der Waals surface area contributed by atoms with Gasteiger partial charge in [-0.1, -0.05) is 24.6 Å². The van der Waals surface area contributed by atoms with Crippen molar-refractivity contribution in [2.45, 2.75) is 39.2 Å². The smallest absolute Gasteiger partial charge is 0.258 e. The number of hydrogen-bond donors (Lipinski definition) is 1. The summed E-state index contributed by atoms with van der Waals surface area (Å²) >= 11 is 0. The van der Waals surface area contributed by atoms with E-state index in [1.807, 2.05) is 44.2 Å². The molecule has 1 aromatic carbocycles. The predicted octanol–water partition coefficient (Wildman–Crippen LogP) is 4.04. The van der Waals surface area contributed by atoms with E-state index in [0.717, 1.165) is 35.7 Å². The number of nitrogens with one attached hydrogen (secondary N) is 1. The molecule has 1 atom stereocenters. The molecule has 148 valence electrons. The molecule has 0 aliphatic carbocycles. The Morgan fingerprint density at radius 1 is 1.15 bits per heavy atom. The van der Waals surface area contributed by atoms with E-state index in [1.54, 1.807) is 6.26 Å². The van der Waals surface area contributed by atoms with Crippen LogP contribution in [0.15, 0.2) is 41.0 Å². The number of carbonyl (C=O) groups is 1. The number of rotatable bonds is 7. The van der Waals surface area contributed by atoms with Crippen LogP contribution in [0.2, 0.25) is 0 Å². The van der Waals surface area contributed by atoms with Gasteiger partial charge in [-0.05, 0) is 63.0 Å². The summed E-state index contributed by atoms with van der Waals surface area (Å²) in [6.07, 6.45) is 5.36. The van der Waals surface area contributed by atoms with Gasteiger partial charge in [-0.15, -0.1) is 12.4 Å². The van der Waals surface area contributed by atoms with Crippen molar-refractivity contribution in [1.82, 2.24) is 10.2 Å². The molecule has 1 amide bonds. The maximum absolute atomic E-state index is 12.3. The first kappa shape index (κ1) is 21.3. The van der Waals surface area contributed by atoms with E-state index in [0.29, 0.717) is 6.54 Å². The Balaban J connectivity index is 0.00000261. The van der Waals surface area contributed by atoms with E-state index in [-0.39, 0.29) is 31.0 Å². The molecular formula is C21H29ClN2O3. The van der Waals surface area contributed by atoms with Crippen LogP contribution < -0.4 is 10.1 Å². The number of piperidine rings is 1. The fraction of sp³-hybridized carbons (Fsp3) is 0.476. The first-order valence-electron chi connectivity index (χ1n) is 9.38. The third-order valence-corrected chi connectivity index (χ3v) is 4.95. The minimum absolute atomic E-state index is 0. The monoisotopic (exact) mass is 392 g/mol. The molecule has 0 spiro atoms. The molecule has 3 rings (SSSR count). The topological polar surface area (TPSA) is 54.7 Å². The molecule has 1 aromatic heterocycles. The van der Waals surface area contributed by atoms with Crippen molar-refractivity contribution in [2.75, 3.05) is 26.2 Å². The Morgan fingerprint density at radius 2 is 1.85 bits per heavy atom. The first-order valence-corrected chi connectivity index (χ1v) is 9.38. The summed E-state index contributed by atoms with van der Waals surface area (Å²) < 4.78 is 11.4. The number of hydrogen-bond acceptors (Lipinski definition) is 4. The van der Waals surface area contributed by atoms with Crippen LogP contribution in [-0.2, 0) is 4.79 Å². The van der Waals surface area contributed by atoms with Crippen LogP contribution in [0.4, 0.5) is 0 Å². The van der Waals surface area contributed by atoms with Crippen LogP contribution >= 0.6 is 12.4 Å². The molecule has 5 nitrogen and oxygen atoms in total. The predicted molar refractivity (Wildman–Crippen MR) is 109 cm³/mol. The fourth-order valence-corrected chi connectivity index (χ4v) is 3.55. The molecular weight excluding hydrogens is 364 g/mol. The van der Waals surface area contributed by atoms with Gasteiger partial charge in [-0.25, -0.2) is 0 Å². The van der Waals surface area contributed by atoms with Gasteiger partial charge >= 0.3 is 0 Å². The molecule has 2 heterocycles. The SMILES string of the molecule is Cc1cccc(C)c1OCC(=O)NCC(c1ccco1)N1CCCCC1.Cl. The highest BCUT2D eigenvalue weighted by Gasteiger charge is 2.25. The second-order valence-corrected chi connectivity index (χ2v) is 6.94. The lowest BCUT2D eigenvalue weighted by atomic mass is 10.1. The number of aryl methyl sites for hydroxylation is 2. The Morgan fingerprint density at radius 3 is 2.48 bits per heavy atom. The van der Waals surface area contributed by atoms with Gasteiger partial charge in [0.15, 0.2) is 6.61 Å². The molecule has 1 aliphatic heterocycles. The van der Waals surface area contributed by atoms with Crippen molar-refractivity contribution in [1.29, 1.82) is 0 Å². The van der Waals surface area contributed by atoms with Crippen LogP contribution in [0, 0.1) is 13.8 Å². The van der Waals surface area contributed by atoms with E-state index in [4.69, 9.17) is 9.15 Å². The molecule has 0 radical (unpaired) electrons. The molecule has 0 saturated carbocycles. The summed E-state index contributed by atoms with van der Waals surface area (Å²) in [7, 11) is 0. The second kappa shape index (κ2) is 10.4. The average Bonchev–Trinajstić information content (AvgIpc) is 3.17. The number of nitrogens with zero attached hydrogens (tertiary/aromatic N) is 1.